The predicted molar refractivity (Wildman–Crippen MR) is 201 cm³/mol. The quantitative estimate of drug-likeness (QED) is 0.168. The molecule has 286 valence electrons. The van der Waals surface area contributed by atoms with Crippen molar-refractivity contribution in [1.29, 1.82) is 5.26 Å². The zero-order chi connectivity index (χ0) is 38.8. The maximum absolute atomic E-state index is 13.3. The van der Waals surface area contributed by atoms with Crippen LogP contribution in [0.5, 0.6) is 0 Å². The van der Waals surface area contributed by atoms with Crippen LogP contribution in [0.3, 0.4) is 0 Å². The Labute approximate surface area is 326 Å². The third kappa shape index (κ3) is 9.23. The molecule has 2 amide bonds. The summed E-state index contributed by atoms with van der Waals surface area (Å²) in [5, 5.41) is 20.4. The highest BCUT2D eigenvalue weighted by atomic mass is 35.5. The standard InChI is InChI=1S/C37H41ClN6O8S2/c1-8-47-30-28(43-18-25(41-42-43)26-20-53-33(40-26)44(34(45)51-36(2,3)4)35(46)52-37(5,6)7)29-27(19-48-31(50-29)21-12-10-9-11-13-21)49-32(30)54-23-15-14-22(17-39)24(38)16-23/h9-16,18,20,27-32H,8,19H2,1-7H3/t27?,28-,29-,30?,31?,32+/m0/s1. The summed E-state index contributed by atoms with van der Waals surface area (Å²) in [6.07, 6.45) is -2.51. The Morgan fingerprint density at radius 1 is 1.06 bits per heavy atom. The number of halogens is 1. The summed E-state index contributed by atoms with van der Waals surface area (Å²) in [6, 6.07) is 16.3. The van der Waals surface area contributed by atoms with Crippen LogP contribution < -0.4 is 4.90 Å². The summed E-state index contributed by atoms with van der Waals surface area (Å²) in [4.78, 5) is 32.7. The fraction of sp³-hybridized carbons (Fsp3) is 0.459. The molecule has 2 aliphatic heterocycles. The van der Waals surface area contributed by atoms with Gasteiger partial charge in [-0.05, 0) is 66.7 Å². The fourth-order valence-electron chi connectivity index (χ4n) is 5.78. The molecule has 0 spiro atoms. The minimum absolute atomic E-state index is 0.0392. The molecular formula is C37H41ClN6O8S2. The van der Waals surface area contributed by atoms with Crippen molar-refractivity contribution < 1.29 is 38.0 Å². The van der Waals surface area contributed by atoms with Crippen molar-refractivity contribution >= 4 is 52.0 Å². The maximum atomic E-state index is 13.3. The third-order valence-electron chi connectivity index (χ3n) is 7.97. The van der Waals surface area contributed by atoms with Crippen molar-refractivity contribution in [3.05, 3.63) is 76.3 Å². The number of carbonyl (C=O) groups is 2. The van der Waals surface area contributed by atoms with Gasteiger partial charge in [0.15, 0.2) is 6.29 Å². The molecule has 2 aromatic carbocycles. The lowest BCUT2D eigenvalue weighted by Gasteiger charge is -2.49. The molecule has 2 aliphatic rings. The Morgan fingerprint density at radius 3 is 2.39 bits per heavy atom. The molecule has 0 bridgehead atoms. The molecular weight excluding hydrogens is 756 g/mol. The van der Waals surface area contributed by atoms with Crippen molar-refractivity contribution in [1.82, 2.24) is 20.0 Å². The van der Waals surface area contributed by atoms with Crippen molar-refractivity contribution in [3.63, 3.8) is 0 Å². The van der Waals surface area contributed by atoms with Crippen molar-refractivity contribution in [3.8, 4) is 17.5 Å². The van der Waals surface area contributed by atoms with Crippen LogP contribution in [-0.2, 0) is 28.4 Å². The summed E-state index contributed by atoms with van der Waals surface area (Å²) in [5.41, 5.74) is -0.385. The average Bonchev–Trinajstić information content (AvgIpc) is 3.78. The second-order valence-corrected chi connectivity index (χ2v) is 16.8. The number of benzene rings is 2. The summed E-state index contributed by atoms with van der Waals surface area (Å²) in [6.45, 7) is 12.7. The van der Waals surface area contributed by atoms with Gasteiger partial charge in [-0.1, -0.05) is 58.9 Å². The van der Waals surface area contributed by atoms with Gasteiger partial charge in [0.1, 0.15) is 58.4 Å². The zero-order valence-corrected chi connectivity index (χ0v) is 33.2. The molecule has 4 heterocycles. The summed E-state index contributed by atoms with van der Waals surface area (Å²) in [5.74, 6) is 0. The highest BCUT2D eigenvalue weighted by Crippen LogP contribution is 2.45. The fourth-order valence-corrected chi connectivity index (χ4v) is 8.03. The molecule has 4 aromatic rings. The number of carbonyl (C=O) groups excluding carboxylic acids is 2. The average molecular weight is 797 g/mol. The van der Waals surface area contributed by atoms with E-state index >= 15 is 0 Å². The number of thioether (sulfide) groups is 1. The van der Waals surface area contributed by atoms with Gasteiger partial charge in [0.2, 0.25) is 5.13 Å². The number of rotatable bonds is 8. The lowest BCUT2D eigenvalue weighted by atomic mass is 9.95. The molecule has 0 aliphatic carbocycles. The van der Waals surface area contributed by atoms with Crippen LogP contribution in [-0.4, -0.2) is 80.3 Å². The number of ether oxygens (including phenoxy) is 6. The molecule has 3 unspecified atom stereocenters. The summed E-state index contributed by atoms with van der Waals surface area (Å²) < 4.78 is 38.6. The first-order chi connectivity index (χ1) is 25.6. The number of hydrogen-bond acceptors (Lipinski definition) is 14. The highest BCUT2D eigenvalue weighted by Gasteiger charge is 2.52. The van der Waals surface area contributed by atoms with Crippen LogP contribution in [0.25, 0.3) is 11.4 Å². The van der Waals surface area contributed by atoms with E-state index in [0.717, 1.165) is 26.7 Å². The highest BCUT2D eigenvalue weighted by molar-refractivity contribution is 7.99. The second-order valence-electron chi connectivity index (χ2n) is 14.4. The Hall–Kier alpha value is -4.08. The Morgan fingerprint density at radius 2 is 1.76 bits per heavy atom. The number of nitriles is 1. The van der Waals surface area contributed by atoms with E-state index in [9.17, 15) is 14.9 Å². The Bertz CT molecular complexity index is 1960. The van der Waals surface area contributed by atoms with Gasteiger partial charge in [-0.25, -0.2) is 19.3 Å². The van der Waals surface area contributed by atoms with Gasteiger partial charge in [-0.2, -0.15) is 10.2 Å². The topological polar surface area (TPSA) is 160 Å². The van der Waals surface area contributed by atoms with Crippen molar-refractivity contribution in [2.75, 3.05) is 18.1 Å². The van der Waals surface area contributed by atoms with Crippen LogP contribution >= 0.6 is 34.7 Å². The van der Waals surface area contributed by atoms with Crippen LogP contribution in [0.2, 0.25) is 5.02 Å². The van der Waals surface area contributed by atoms with E-state index in [4.69, 9.17) is 40.0 Å². The number of fused-ring (bicyclic) bond motifs is 1. The number of thiazole rings is 1. The lowest BCUT2D eigenvalue weighted by molar-refractivity contribution is -0.309. The maximum Gasteiger partial charge on any atom is 0.426 e. The molecule has 6 rings (SSSR count). The molecule has 2 fully saturated rings. The predicted octanol–water partition coefficient (Wildman–Crippen LogP) is 8.18. The van der Waals surface area contributed by atoms with Crippen LogP contribution in [0.15, 0.2) is 65.0 Å². The first-order valence-electron chi connectivity index (χ1n) is 17.2. The molecule has 0 N–H and O–H groups in total. The molecule has 6 atom stereocenters. The molecule has 0 saturated carbocycles. The minimum Gasteiger partial charge on any atom is -0.443 e. The Kier molecular flexibility index (Phi) is 12.0. The third-order valence-corrected chi connectivity index (χ3v) is 10.2. The van der Waals surface area contributed by atoms with Gasteiger partial charge in [-0.15, -0.1) is 16.4 Å². The first-order valence-corrected chi connectivity index (χ1v) is 19.4. The van der Waals surface area contributed by atoms with Gasteiger partial charge in [0.05, 0.1) is 23.4 Å². The van der Waals surface area contributed by atoms with Gasteiger partial charge >= 0.3 is 12.2 Å². The summed E-state index contributed by atoms with van der Waals surface area (Å²) in [7, 11) is 0. The van der Waals surface area contributed by atoms with Gasteiger partial charge < -0.3 is 28.4 Å². The SMILES string of the molecule is CCOC1[C@@H](Sc2ccc(C#N)c(Cl)c2)OC2COC(c3ccccc3)O[C@@H]2[C@@H]1n1cc(-c2csc(N(C(=O)OC(C)(C)C)C(=O)OC(C)(C)C)n2)nn1. The second kappa shape index (κ2) is 16.3. The van der Waals surface area contributed by atoms with E-state index in [1.165, 1.54) is 11.8 Å². The van der Waals surface area contributed by atoms with E-state index in [-0.39, 0.29) is 11.7 Å². The minimum atomic E-state index is -0.925. The normalized spacial score (nSPS) is 22.9. The van der Waals surface area contributed by atoms with Crippen LogP contribution in [0, 0.1) is 11.3 Å². The van der Waals surface area contributed by atoms with Gasteiger partial charge in [0, 0.05) is 22.4 Å². The number of imide groups is 1. The number of aromatic nitrogens is 4. The van der Waals surface area contributed by atoms with E-state index in [2.05, 4.69) is 21.4 Å². The molecule has 2 saturated heterocycles. The number of anilines is 1. The van der Waals surface area contributed by atoms with E-state index < -0.39 is 59.5 Å². The largest absolute Gasteiger partial charge is 0.443 e. The zero-order valence-electron chi connectivity index (χ0n) is 30.8. The first kappa shape index (κ1) is 39.6. The van der Waals surface area contributed by atoms with Gasteiger partial charge in [0.25, 0.3) is 0 Å². The smallest absolute Gasteiger partial charge is 0.426 e. The van der Waals surface area contributed by atoms with Gasteiger partial charge in [-0.3, -0.25) is 0 Å². The number of nitrogens with zero attached hydrogens (tertiary/aromatic N) is 6. The number of amides is 2. The molecule has 0 radical (unpaired) electrons. The number of hydrogen-bond donors (Lipinski definition) is 0. The lowest BCUT2D eigenvalue weighted by Crippen LogP contribution is -2.59. The van der Waals surface area contributed by atoms with Crippen LogP contribution in [0.4, 0.5) is 14.7 Å². The van der Waals surface area contributed by atoms with E-state index in [1.54, 1.807) is 69.9 Å². The van der Waals surface area contributed by atoms with Crippen LogP contribution in [0.1, 0.15) is 71.9 Å². The van der Waals surface area contributed by atoms with E-state index in [0.29, 0.717) is 28.6 Å². The Balaban J connectivity index is 1.35. The molecule has 14 nitrogen and oxygen atoms in total. The molecule has 54 heavy (non-hydrogen) atoms. The monoisotopic (exact) mass is 796 g/mol. The van der Waals surface area contributed by atoms with E-state index in [1.807, 2.05) is 43.3 Å². The van der Waals surface area contributed by atoms with Crippen molar-refractivity contribution in [2.24, 2.45) is 0 Å². The molecule has 2 aromatic heterocycles. The van der Waals surface area contributed by atoms with Crippen molar-refractivity contribution in [2.45, 2.75) is 101 Å². The summed E-state index contributed by atoms with van der Waals surface area (Å²) >= 11 is 8.85. The molecule has 17 heteroatoms.